The molecule has 3 rings (SSSR count). The predicted octanol–water partition coefficient (Wildman–Crippen LogP) is 4.07. The Morgan fingerprint density at radius 1 is 0.885 bits per heavy atom. The topological polar surface area (TPSA) is 77.0 Å². The van der Waals surface area contributed by atoms with Crippen molar-refractivity contribution in [3.63, 3.8) is 0 Å². The molecule has 0 aliphatic heterocycles. The molecule has 0 aromatic heterocycles. The second-order valence-electron chi connectivity index (χ2n) is 5.34. The van der Waals surface area contributed by atoms with Gasteiger partial charge < -0.3 is 9.47 Å². The number of ether oxygens (including phenoxy) is 2. The summed E-state index contributed by atoms with van der Waals surface area (Å²) >= 11 is 0. The van der Waals surface area contributed by atoms with Crippen molar-refractivity contribution in [3.8, 4) is 11.5 Å². The van der Waals surface area contributed by atoms with Gasteiger partial charge in [-0.2, -0.15) is 0 Å². The van der Waals surface area contributed by atoms with E-state index in [0.29, 0.717) is 28.6 Å². The molecule has 1 aliphatic rings. The molecule has 1 amide bonds. The second kappa shape index (κ2) is 7.94. The number of rotatable bonds is 4. The first kappa shape index (κ1) is 17.2. The molecule has 2 aromatic rings. The molecule has 0 bridgehead atoms. The van der Waals surface area contributed by atoms with E-state index in [0.717, 1.165) is 0 Å². The summed E-state index contributed by atoms with van der Waals surface area (Å²) in [7, 11) is 1.57. The quantitative estimate of drug-likeness (QED) is 0.845. The minimum atomic E-state index is -0.592. The first-order valence-corrected chi connectivity index (χ1v) is 7.84. The van der Waals surface area contributed by atoms with Crippen molar-refractivity contribution in [1.82, 2.24) is 0 Å². The fourth-order valence-corrected chi connectivity index (χ4v) is 2.18. The zero-order valence-corrected chi connectivity index (χ0v) is 14.0. The number of hydrogen-bond donors (Lipinski definition) is 1. The van der Waals surface area contributed by atoms with Crippen molar-refractivity contribution in [2.45, 2.75) is 0 Å². The number of allylic oxidation sites excluding steroid dienone is 4. The van der Waals surface area contributed by atoms with Crippen molar-refractivity contribution in [2.24, 2.45) is 4.99 Å². The first-order chi connectivity index (χ1) is 12.6. The van der Waals surface area contributed by atoms with Crippen LogP contribution in [0.5, 0.6) is 11.5 Å². The smallest absolute Gasteiger partial charge is 0.417 e. The summed E-state index contributed by atoms with van der Waals surface area (Å²) < 4.78 is 10.2. The standard InChI is InChI=1S/C20H16N2O4/c1-25-18-10-12-19(13-11-18)26-20(24)22-16-4-2-14(3-5-16)21-15-6-8-17(23)9-7-15/h2-13H,1H3,(H,22,24). The van der Waals surface area contributed by atoms with Crippen LogP contribution in [0, 0.1) is 0 Å². The lowest BCUT2D eigenvalue weighted by atomic mass is 10.1. The molecule has 6 heteroatoms. The molecule has 0 unspecified atom stereocenters. The van der Waals surface area contributed by atoms with Gasteiger partial charge in [0, 0.05) is 5.69 Å². The van der Waals surface area contributed by atoms with Crippen LogP contribution in [0.4, 0.5) is 16.2 Å². The minimum absolute atomic E-state index is 0.0566. The molecule has 0 radical (unpaired) electrons. The van der Waals surface area contributed by atoms with Crippen LogP contribution in [-0.2, 0) is 4.79 Å². The number of aliphatic imine (C=N–C) groups is 1. The van der Waals surface area contributed by atoms with Crippen LogP contribution >= 0.6 is 0 Å². The fraction of sp³-hybridized carbons (Fsp3) is 0.0500. The van der Waals surface area contributed by atoms with E-state index in [4.69, 9.17) is 9.47 Å². The average molecular weight is 348 g/mol. The summed E-state index contributed by atoms with van der Waals surface area (Å²) in [4.78, 5) is 27.4. The predicted molar refractivity (Wildman–Crippen MR) is 99.5 cm³/mol. The van der Waals surface area contributed by atoms with Gasteiger partial charge in [0.25, 0.3) is 0 Å². The third-order valence-electron chi connectivity index (χ3n) is 3.48. The third-order valence-corrected chi connectivity index (χ3v) is 3.48. The van der Waals surface area contributed by atoms with Crippen molar-refractivity contribution in [3.05, 3.63) is 72.8 Å². The van der Waals surface area contributed by atoms with E-state index in [2.05, 4.69) is 10.3 Å². The van der Waals surface area contributed by atoms with E-state index < -0.39 is 6.09 Å². The van der Waals surface area contributed by atoms with Gasteiger partial charge in [0.1, 0.15) is 11.5 Å². The summed E-state index contributed by atoms with van der Waals surface area (Å²) in [5, 5.41) is 2.64. The highest BCUT2D eigenvalue weighted by Crippen LogP contribution is 2.20. The molecule has 0 spiro atoms. The van der Waals surface area contributed by atoms with Gasteiger partial charge in [-0.3, -0.25) is 10.1 Å². The Morgan fingerprint density at radius 2 is 1.50 bits per heavy atom. The lowest BCUT2D eigenvalue weighted by molar-refractivity contribution is -0.110. The Balaban J connectivity index is 1.59. The monoisotopic (exact) mass is 348 g/mol. The number of anilines is 1. The molecule has 0 atom stereocenters. The van der Waals surface area contributed by atoms with Crippen molar-refractivity contribution >= 4 is 29.0 Å². The highest BCUT2D eigenvalue weighted by atomic mass is 16.6. The van der Waals surface area contributed by atoms with Gasteiger partial charge in [0.2, 0.25) is 0 Å². The number of carbonyl (C=O) groups is 2. The maximum Gasteiger partial charge on any atom is 0.417 e. The summed E-state index contributed by atoms with van der Waals surface area (Å²) in [6, 6.07) is 13.7. The summed E-state index contributed by atoms with van der Waals surface area (Å²) in [5.41, 5.74) is 1.97. The van der Waals surface area contributed by atoms with Crippen LogP contribution in [0.25, 0.3) is 0 Å². The lowest BCUT2D eigenvalue weighted by Gasteiger charge is -2.07. The number of nitrogens with zero attached hydrogens (tertiary/aromatic N) is 1. The molecule has 0 saturated carbocycles. The van der Waals surface area contributed by atoms with Crippen LogP contribution in [-0.4, -0.2) is 24.7 Å². The van der Waals surface area contributed by atoms with Crippen LogP contribution in [0.2, 0.25) is 0 Å². The third kappa shape index (κ3) is 4.67. The second-order valence-corrected chi connectivity index (χ2v) is 5.34. The molecule has 0 saturated heterocycles. The Bertz CT molecular complexity index is 876. The number of nitrogens with one attached hydrogen (secondary N) is 1. The lowest BCUT2D eigenvalue weighted by Crippen LogP contribution is -2.16. The maximum atomic E-state index is 11.9. The Hall–Kier alpha value is -3.67. The normalized spacial score (nSPS) is 12.7. The zero-order valence-electron chi connectivity index (χ0n) is 14.0. The van der Waals surface area contributed by atoms with Gasteiger partial charge in [-0.05, 0) is 72.8 Å². The first-order valence-electron chi connectivity index (χ1n) is 7.84. The summed E-state index contributed by atoms with van der Waals surface area (Å²) in [6.45, 7) is 0. The molecule has 130 valence electrons. The Kier molecular flexibility index (Phi) is 5.24. The van der Waals surface area contributed by atoms with Crippen molar-refractivity contribution in [2.75, 3.05) is 12.4 Å². The van der Waals surface area contributed by atoms with Gasteiger partial charge in [0.15, 0.2) is 5.78 Å². The van der Waals surface area contributed by atoms with E-state index in [-0.39, 0.29) is 5.78 Å². The molecule has 0 heterocycles. The van der Waals surface area contributed by atoms with Gasteiger partial charge in [0.05, 0.1) is 18.5 Å². The van der Waals surface area contributed by atoms with Gasteiger partial charge in [-0.1, -0.05) is 0 Å². The number of carbonyl (C=O) groups excluding carboxylic acids is 2. The molecule has 6 nitrogen and oxygen atoms in total. The molecule has 0 fully saturated rings. The number of hydrogen-bond acceptors (Lipinski definition) is 5. The van der Waals surface area contributed by atoms with Crippen molar-refractivity contribution in [1.29, 1.82) is 0 Å². The number of amides is 1. The summed E-state index contributed by atoms with van der Waals surface area (Å²) in [6.07, 6.45) is 5.64. The molecular weight excluding hydrogens is 332 g/mol. The molecule has 1 N–H and O–H groups in total. The maximum absolute atomic E-state index is 11.9. The number of benzene rings is 2. The highest BCUT2D eigenvalue weighted by Gasteiger charge is 2.06. The van der Waals surface area contributed by atoms with E-state index >= 15 is 0 Å². The SMILES string of the molecule is COc1ccc(OC(=O)Nc2ccc(N=C3C=CC(=O)C=C3)cc2)cc1. The fourth-order valence-electron chi connectivity index (χ4n) is 2.18. The molecule has 1 aliphatic carbocycles. The summed E-state index contributed by atoms with van der Waals surface area (Å²) in [5.74, 6) is 1.04. The average Bonchev–Trinajstić information content (AvgIpc) is 2.66. The van der Waals surface area contributed by atoms with Crippen LogP contribution in [0.15, 0.2) is 77.8 Å². The van der Waals surface area contributed by atoms with Crippen molar-refractivity contribution < 1.29 is 19.1 Å². The van der Waals surface area contributed by atoms with Crippen LogP contribution < -0.4 is 14.8 Å². The van der Waals surface area contributed by atoms with Crippen LogP contribution in [0.1, 0.15) is 0 Å². The molecule has 2 aromatic carbocycles. The highest BCUT2D eigenvalue weighted by molar-refractivity contribution is 6.17. The van der Waals surface area contributed by atoms with Gasteiger partial charge in [-0.25, -0.2) is 9.79 Å². The van der Waals surface area contributed by atoms with E-state index in [1.165, 1.54) is 12.2 Å². The van der Waals surface area contributed by atoms with Crippen LogP contribution in [0.3, 0.4) is 0 Å². The zero-order chi connectivity index (χ0) is 18.4. The number of methoxy groups -OCH3 is 1. The van der Waals surface area contributed by atoms with Gasteiger partial charge >= 0.3 is 6.09 Å². The van der Waals surface area contributed by atoms with Gasteiger partial charge in [-0.15, -0.1) is 0 Å². The molecule has 26 heavy (non-hydrogen) atoms. The van der Waals surface area contributed by atoms with E-state index in [9.17, 15) is 9.59 Å². The Labute approximate surface area is 150 Å². The minimum Gasteiger partial charge on any atom is -0.497 e. The largest absolute Gasteiger partial charge is 0.497 e. The number of ketones is 1. The molecular formula is C20H16N2O4. The van der Waals surface area contributed by atoms with E-state index in [1.54, 1.807) is 67.8 Å². The van der Waals surface area contributed by atoms with E-state index in [1.807, 2.05) is 0 Å². The Morgan fingerprint density at radius 3 is 2.12 bits per heavy atom.